The van der Waals surface area contributed by atoms with Gasteiger partial charge in [-0.15, -0.1) is 0 Å². The summed E-state index contributed by atoms with van der Waals surface area (Å²) in [6, 6.07) is 13.3. The maximum atomic E-state index is 13.1. The largest absolute Gasteiger partial charge is 0.376 e. The number of piperidine rings is 1. The van der Waals surface area contributed by atoms with Gasteiger partial charge < -0.3 is 15.0 Å². The Balaban J connectivity index is 1.35. The maximum absolute atomic E-state index is 13.1. The first-order valence-electron chi connectivity index (χ1n) is 9.94. The van der Waals surface area contributed by atoms with Crippen LogP contribution in [0, 0.1) is 23.1 Å². The molecule has 4 rings (SSSR count). The van der Waals surface area contributed by atoms with Gasteiger partial charge in [-0.25, -0.2) is 9.37 Å². The summed E-state index contributed by atoms with van der Waals surface area (Å²) in [5, 5.41) is 12.5. The Bertz CT molecular complexity index is 904. The number of carbonyl (C=O) groups is 1. The van der Waals surface area contributed by atoms with Gasteiger partial charge in [0.1, 0.15) is 23.4 Å². The fraction of sp³-hybridized carbons (Fsp3) is 0.409. The fourth-order valence-electron chi connectivity index (χ4n) is 4.20. The Morgan fingerprint density at radius 1 is 1.17 bits per heavy atom. The lowest BCUT2D eigenvalue weighted by molar-refractivity contribution is 0.0260. The molecule has 1 amide bonds. The number of rotatable bonds is 4. The molecule has 0 bridgehead atoms. The van der Waals surface area contributed by atoms with E-state index >= 15 is 0 Å². The Kier molecular flexibility index (Phi) is 5.72. The lowest BCUT2D eigenvalue weighted by atomic mass is 9.87. The van der Waals surface area contributed by atoms with Gasteiger partial charge in [0.2, 0.25) is 0 Å². The average molecular weight is 394 g/mol. The van der Waals surface area contributed by atoms with E-state index in [9.17, 15) is 9.18 Å². The molecule has 0 aliphatic carbocycles. The topological polar surface area (TPSA) is 78.2 Å². The van der Waals surface area contributed by atoms with Gasteiger partial charge >= 0.3 is 0 Å². The smallest absolute Gasteiger partial charge is 0.253 e. The monoisotopic (exact) mass is 394 g/mol. The molecule has 7 heteroatoms. The Hall–Kier alpha value is -2.98. The number of nitriles is 1. The lowest BCUT2D eigenvalue weighted by Crippen LogP contribution is -2.44. The fourth-order valence-corrected chi connectivity index (χ4v) is 4.20. The molecule has 6 nitrogen and oxygen atoms in total. The molecule has 0 saturated carbocycles. The second-order valence-electron chi connectivity index (χ2n) is 7.53. The zero-order valence-electron chi connectivity index (χ0n) is 16.1. The molecule has 0 radical (unpaired) electrons. The van der Waals surface area contributed by atoms with Crippen LogP contribution in [0.2, 0.25) is 0 Å². The average Bonchev–Trinajstić information content (AvgIpc) is 3.22. The number of carbonyl (C=O) groups excluding carboxylic acids is 1. The molecule has 2 aliphatic rings. The quantitative estimate of drug-likeness (QED) is 0.862. The van der Waals surface area contributed by atoms with Crippen molar-refractivity contribution < 1.29 is 13.9 Å². The van der Waals surface area contributed by atoms with Crippen LogP contribution in [0.25, 0.3) is 0 Å². The van der Waals surface area contributed by atoms with E-state index in [4.69, 9.17) is 10.00 Å². The second-order valence-corrected chi connectivity index (χ2v) is 7.53. The summed E-state index contributed by atoms with van der Waals surface area (Å²) in [7, 11) is 0. The molecule has 2 aromatic rings. The highest BCUT2D eigenvalue weighted by molar-refractivity contribution is 5.94. The van der Waals surface area contributed by atoms with E-state index in [1.165, 1.54) is 24.3 Å². The predicted molar refractivity (Wildman–Crippen MR) is 106 cm³/mol. The van der Waals surface area contributed by atoms with E-state index < -0.39 is 0 Å². The van der Waals surface area contributed by atoms with Gasteiger partial charge in [-0.2, -0.15) is 5.26 Å². The number of aromatic nitrogens is 1. The standard InChI is InChI=1S/C22H23FN4O2/c23-17-6-4-16(5-7-17)22(28)27-11-8-15(9-12-27)21-19(10-13-29-21)26-20-3-1-2-18(14-24)25-20/h1-7,15,19,21H,8-13H2,(H,25,26)/t19-,21+/m1/s1. The third kappa shape index (κ3) is 4.38. The Morgan fingerprint density at radius 3 is 2.66 bits per heavy atom. The molecule has 0 spiro atoms. The van der Waals surface area contributed by atoms with Crippen LogP contribution in [-0.2, 0) is 4.74 Å². The van der Waals surface area contributed by atoms with Crippen molar-refractivity contribution in [3.05, 3.63) is 59.5 Å². The van der Waals surface area contributed by atoms with E-state index in [2.05, 4.69) is 16.4 Å². The summed E-state index contributed by atoms with van der Waals surface area (Å²) >= 11 is 0. The molecule has 3 heterocycles. The molecule has 1 aromatic carbocycles. The third-order valence-corrected chi connectivity index (χ3v) is 5.72. The number of likely N-dealkylation sites (tertiary alicyclic amines) is 1. The number of nitrogens with zero attached hydrogens (tertiary/aromatic N) is 3. The van der Waals surface area contributed by atoms with Crippen molar-refractivity contribution in [1.29, 1.82) is 5.26 Å². The number of benzene rings is 1. The number of pyridine rings is 1. The Morgan fingerprint density at radius 2 is 1.93 bits per heavy atom. The van der Waals surface area contributed by atoms with Crippen molar-refractivity contribution in [1.82, 2.24) is 9.88 Å². The molecule has 150 valence electrons. The number of hydrogen-bond donors (Lipinski definition) is 1. The number of ether oxygens (including phenoxy) is 1. The van der Waals surface area contributed by atoms with Gasteiger partial charge in [0, 0.05) is 25.3 Å². The minimum atomic E-state index is -0.341. The number of nitrogens with one attached hydrogen (secondary N) is 1. The van der Waals surface area contributed by atoms with Crippen molar-refractivity contribution in [2.45, 2.75) is 31.4 Å². The zero-order chi connectivity index (χ0) is 20.2. The van der Waals surface area contributed by atoms with Crippen molar-refractivity contribution in [2.75, 3.05) is 25.0 Å². The van der Waals surface area contributed by atoms with Crippen LogP contribution in [0.1, 0.15) is 35.3 Å². The molecule has 2 saturated heterocycles. The van der Waals surface area contributed by atoms with Gasteiger partial charge in [-0.05, 0) is 61.6 Å². The van der Waals surface area contributed by atoms with Crippen molar-refractivity contribution in [3.8, 4) is 6.07 Å². The van der Waals surface area contributed by atoms with E-state index in [-0.39, 0.29) is 23.9 Å². The lowest BCUT2D eigenvalue weighted by Gasteiger charge is -2.36. The minimum absolute atomic E-state index is 0.0528. The van der Waals surface area contributed by atoms with E-state index in [0.29, 0.717) is 42.7 Å². The highest BCUT2D eigenvalue weighted by atomic mass is 19.1. The van der Waals surface area contributed by atoms with E-state index in [0.717, 1.165) is 19.3 Å². The summed E-state index contributed by atoms with van der Waals surface area (Å²) in [5.74, 6) is 0.648. The number of amides is 1. The first kappa shape index (κ1) is 19.3. The summed E-state index contributed by atoms with van der Waals surface area (Å²) in [6.07, 6.45) is 2.67. The summed E-state index contributed by atoms with van der Waals surface area (Å²) in [5.41, 5.74) is 0.906. The molecule has 2 fully saturated rings. The second kappa shape index (κ2) is 8.58. The molecule has 1 aromatic heterocycles. The highest BCUT2D eigenvalue weighted by Crippen LogP contribution is 2.31. The van der Waals surface area contributed by atoms with E-state index in [1.54, 1.807) is 6.07 Å². The molecule has 0 unspecified atom stereocenters. The maximum Gasteiger partial charge on any atom is 0.253 e. The molecule has 2 atom stereocenters. The van der Waals surface area contributed by atoms with Crippen molar-refractivity contribution in [3.63, 3.8) is 0 Å². The van der Waals surface area contributed by atoms with Crippen molar-refractivity contribution >= 4 is 11.7 Å². The number of hydrogen-bond acceptors (Lipinski definition) is 5. The zero-order valence-corrected chi connectivity index (χ0v) is 16.1. The van der Waals surface area contributed by atoms with Crippen LogP contribution in [0.4, 0.5) is 10.2 Å². The van der Waals surface area contributed by atoms with Gasteiger partial charge in [0.15, 0.2) is 0 Å². The van der Waals surface area contributed by atoms with E-state index in [1.807, 2.05) is 17.0 Å². The molecular formula is C22H23FN4O2. The number of halogens is 1. The van der Waals surface area contributed by atoms with Crippen LogP contribution in [0.15, 0.2) is 42.5 Å². The van der Waals surface area contributed by atoms with Crippen LogP contribution in [0.3, 0.4) is 0 Å². The van der Waals surface area contributed by atoms with Crippen LogP contribution in [-0.4, -0.2) is 47.6 Å². The molecular weight excluding hydrogens is 371 g/mol. The van der Waals surface area contributed by atoms with Gasteiger partial charge in [-0.1, -0.05) is 6.07 Å². The van der Waals surface area contributed by atoms with Crippen molar-refractivity contribution in [2.24, 2.45) is 5.92 Å². The highest BCUT2D eigenvalue weighted by Gasteiger charge is 2.37. The summed E-state index contributed by atoms with van der Waals surface area (Å²) in [4.78, 5) is 18.8. The van der Waals surface area contributed by atoms with Gasteiger partial charge in [0.05, 0.1) is 12.1 Å². The number of anilines is 1. The Labute approximate surface area is 169 Å². The third-order valence-electron chi connectivity index (χ3n) is 5.72. The first-order chi connectivity index (χ1) is 14.1. The minimum Gasteiger partial charge on any atom is -0.376 e. The van der Waals surface area contributed by atoms with Crippen LogP contribution >= 0.6 is 0 Å². The van der Waals surface area contributed by atoms with Crippen LogP contribution < -0.4 is 5.32 Å². The summed E-state index contributed by atoms with van der Waals surface area (Å²) < 4.78 is 19.1. The SMILES string of the molecule is N#Cc1cccc(N[C@@H]2CCO[C@H]2C2CCN(C(=O)c3ccc(F)cc3)CC2)n1. The molecule has 1 N–H and O–H groups in total. The first-order valence-corrected chi connectivity index (χ1v) is 9.94. The molecule has 2 aliphatic heterocycles. The van der Waals surface area contributed by atoms with Crippen LogP contribution in [0.5, 0.6) is 0 Å². The molecule has 29 heavy (non-hydrogen) atoms. The van der Waals surface area contributed by atoms with Gasteiger partial charge in [-0.3, -0.25) is 4.79 Å². The normalized spacial score (nSPS) is 22.3. The predicted octanol–water partition coefficient (Wildman–Crippen LogP) is 3.21. The van der Waals surface area contributed by atoms with Gasteiger partial charge in [0.25, 0.3) is 5.91 Å². The summed E-state index contributed by atoms with van der Waals surface area (Å²) in [6.45, 7) is 2.01.